The summed E-state index contributed by atoms with van der Waals surface area (Å²) in [5.74, 6) is 0. The van der Waals surface area contributed by atoms with Crippen molar-refractivity contribution in [1.29, 1.82) is 0 Å². The van der Waals surface area contributed by atoms with E-state index in [9.17, 15) is 4.91 Å². The zero-order chi connectivity index (χ0) is 11.0. The molecule has 0 N–H and O–H groups in total. The van der Waals surface area contributed by atoms with Crippen LogP contribution in [-0.2, 0) is 4.74 Å². The SMILES string of the molecule is CCCOC1C(C)(C)C(N=O)C1(C)C. The predicted octanol–water partition coefficient (Wildman–Crippen LogP) is 2.98. The Kier molecular flexibility index (Phi) is 3.00. The highest BCUT2D eigenvalue weighted by molar-refractivity contribution is 5.14. The summed E-state index contributed by atoms with van der Waals surface area (Å²) in [5, 5.41) is 3.23. The molecule has 0 unspecified atom stereocenters. The second kappa shape index (κ2) is 3.61. The van der Waals surface area contributed by atoms with Crippen molar-refractivity contribution in [3.8, 4) is 0 Å². The fourth-order valence-corrected chi connectivity index (χ4v) is 3.05. The summed E-state index contributed by atoms with van der Waals surface area (Å²) in [6.07, 6.45) is 1.17. The normalized spacial score (nSPS) is 33.5. The second-order valence-electron chi connectivity index (χ2n) is 5.40. The van der Waals surface area contributed by atoms with Gasteiger partial charge in [-0.15, -0.1) is 0 Å². The third kappa shape index (κ3) is 1.48. The maximum atomic E-state index is 10.7. The molecular weight excluding hydrogens is 178 g/mol. The van der Waals surface area contributed by atoms with Crippen molar-refractivity contribution in [2.45, 2.75) is 53.2 Å². The highest BCUT2D eigenvalue weighted by Gasteiger charge is 2.63. The van der Waals surface area contributed by atoms with Crippen molar-refractivity contribution in [2.75, 3.05) is 6.61 Å². The monoisotopic (exact) mass is 199 g/mol. The van der Waals surface area contributed by atoms with Crippen molar-refractivity contribution < 1.29 is 4.74 Å². The first-order valence-electron chi connectivity index (χ1n) is 5.33. The van der Waals surface area contributed by atoms with Gasteiger partial charge in [-0.3, -0.25) is 0 Å². The van der Waals surface area contributed by atoms with Crippen LogP contribution in [0.25, 0.3) is 0 Å². The first-order valence-corrected chi connectivity index (χ1v) is 5.33. The van der Waals surface area contributed by atoms with E-state index in [0.717, 1.165) is 13.0 Å². The van der Waals surface area contributed by atoms with E-state index in [-0.39, 0.29) is 23.0 Å². The highest BCUT2D eigenvalue weighted by atomic mass is 16.5. The van der Waals surface area contributed by atoms with Crippen molar-refractivity contribution in [3.05, 3.63) is 4.91 Å². The lowest BCUT2D eigenvalue weighted by atomic mass is 9.50. The third-order valence-electron chi connectivity index (χ3n) is 3.36. The van der Waals surface area contributed by atoms with E-state index in [1.807, 2.05) is 0 Å². The molecule has 3 nitrogen and oxygen atoms in total. The van der Waals surface area contributed by atoms with Gasteiger partial charge in [-0.2, -0.15) is 4.91 Å². The van der Waals surface area contributed by atoms with Crippen LogP contribution in [0, 0.1) is 15.7 Å². The average molecular weight is 199 g/mol. The summed E-state index contributed by atoms with van der Waals surface area (Å²) in [6, 6.07) is -0.128. The maximum Gasteiger partial charge on any atom is 0.107 e. The number of nitrogens with zero attached hydrogens (tertiary/aromatic N) is 1. The van der Waals surface area contributed by atoms with Gasteiger partial charge in [-0.1, -0.05) is 39.8 Å². The van der Waals surface area contributed by atoms with Gasteiger partial charge in [0.05, 0.1) is 6.10 Å². The molecule has 0 amide bonds. The first kappa shape index (κ1) is 11.6. The number of nitroso groups, excluding NO2 is 1. The Balaban J connectivity index is 2.71. The van der Waals surface area contributed by atoms with Gasteiger partial charge in [0.15, 0.2) is 0 Å². The first-order chi connectivity index (χ1) is 6.39. The molecule has 1 rings (SSSR count). The molecular formula is C11H21NO2. The molecule has 3 heteroatoms. The highest BCUT2D eigenvalue weighted by Crippen LogP contribution is 2.57. The van der Waals surface area contributed by atoms with Gasteiger partial charge in [-0.05, 0) is 6.42 Å². The van der Waals surface area contributed by atoms with Crippen molar-refractivity contribution in [1.82, 2.24) is 0 Å². The molecule has 0 radical (unpaired) electrons. The number of hydrogen-bond acceptors (Lipinski definition) is 3. The van der Waals surface area contributed by atoms with Crippen LogP contribution in [0.1, 0.15) is 41.0 Å². The summed E-state index contributed by atoms with van der Waals surface area (Å²) in [6.45, 7) is 11.1. The largest absolute Gasteiger partial charge is 0.377 e. The Morgan fingerprint density at radius 3 is 2.07 bits per heavy atom. The molecule has 14 heavy (non-hydrogen) atoms. The molecule has 0 aromatic heterocycles. The molecule has 0 atom stereocenters. The maximum absolute atomic E-state index is 10.7. The van der Waals surface area contributed by atoms with Crippen LogP contribution >= 0.6 is 0 Å². The molecule has 0 spiro atoms. The van der Waals surface area contributed by atoms with Gasteiger partial charge in [-0.25, -0.2) is 0 Å². The molecule has 0 aromatic carbocycles. The second-order valence-corrected chi connectivity index (χ2v) is 5.40. The van der Waals surface area contributed by atoms with Gasteiger partial charge in [0.2, 0.25) is 0 Å². The summed E-state index contributed by atoms with van der Waals surface area (Å²) in [7, 11) is 0. The fraction of sp³-hybridized carbons (Fsp3) is 1.00. The molecule has 0 aromatic rings. The Morgan fingerprint density at radius 1 is 1.21 bits per heavy atom. The molecule has 1 aliphatic rings. The van der Waals surface area contributed by atoms with E-state index in [4.69, 9.17) is 4.74 Å². The Bertz CT molecular complexity index is 207. The minimum absolute atomic E-state index is 0.111. The van der Waals surface area contributed by atoms with Crippen LogP contribution in [-0.4, -0.2) is 18.8 Å². The molecule has 1 aliphatic carbocycles. The van der Waals surface area contributed by atoms with Gasteiger partial charge in [0, 0.05) is 17.4 Å². The zero-order valence-electron chi connectivity index (χ0n) is 9.83. The predicted molar refractivity (Wildman–Crippen MR) is 57.2 cm³/mol. The van der Waals surface area contributed by atoms with Crippen LogP contribution < -0.4 is 0 Å². The Hall–Kier alpha value is -0.440. The van der Waals surface area contributed by atoms with E-state index in [2.05, 4.69) is 39.8 Å². The van der Waals surface area contributed by atoms with Gasteiger partial charge < -0.3 is 4.74 Å². The molecule has 1 fully saturated rings. The molecule has 1 saturated carbocycles. The van der Waals surface area contributed by atoms with Crippen LogP contribution in [0.2, 0.25) is 0 Å². The van der Waals surface area contributed by atoms with E-state index in [1.54, 1.807) is 0 Å². The minimum Gasteiger partial charge on any atom is -0.377 e. The smallest absolute Gasteiger partial charge is 0.107 e. The number of rotatable bonds is 4. The molecule has 0 saturated heterocycles. The Labute approximate surface area is 86.2 Å². The topological polar surface area (TPSA) is 38.7 Å². The summed E-state index contributed by atoms with van der Waals surface area (Å²) >= 11 is 0. The van der Waals surface area contributed by atoms with E-state index < -0.39 is 0 Å². The van der Waals surface area contributed by atoms with Gasteiger partial charge in [0.1, 0.15) is 6.04 Å². The zero-order valence-corrected chi connectivity index (χ0v) is 9.83. The van der Waals surface area contributed by atoms with E-state index in [1.165, 1.54) is 0 Å². The van der Waals surface area contributed by atoms with Gasteiger partial charge >= 0.3 is 0 Å². The van der Waals surface area contributed by atoms with Crippen molar-refractivity contribution in [2.24, 2.45) is 16.0 Å². The number of ether oxygens (including phenoxy) is 1. The Morgan fingerprint density at radius 2 is 1.71 bits per heavy atom. The molecule has 0 bridgehead atoms. The quantitative estimate of drug-likeness (QED) is 0.653. The summed E-state index contributed by atoms with van der Waals surface area (Å²) in [4.78, 5) is 10.7. The standard InChI is InChI=1S/C11H21NO2/c1-6-7-14-9-10(2,3)8(12-13)11(9,4)5/h8-9H,6-7H2,1-5H3. The van der Waals surface area contributed by atoms with Crippen molar-refractivity contribution in [3.63, 3.8) is 0 Å². The van der Waals surface area contributed by atoms with E-state index >= 15 is 0 Å². The van der Waals surface area contributed by atoms with Crippen LogP contribution in [0.5, 0.6) is 0 Å². The fourth-order valence-electron chi connectivity index (χ4n) is 3.05. The number of hydrogen-bond donors (Lipinski definition) is 0. The lowest BCUT2D eigenvalue weighted by molar-refractivity contribution is -0.200. The summed E-state index contributed by atoms with van der Waals surface area (Å²) in [5.41, 5.74) is -0.221. The molecule has 0 heterocycles. The van der Waals surface area contributed by atoms with Crippen molar-refractivity contribution >= 4 is 0 Å². The van der Waals surface area contributed by atoms with Crippen LogP contribution in [0.4, 0.5) is 0 Å². The molecule has 0 aliphatic heterocycles. The lowest BCUT2D eigenvalue weighted by Gasteiger charge is -2.60. The van der Waals surface area contributed by atoms with Crippen LogP contribution in [0.15, 0.2) is 5.18 Å². The summed E-state index contributed by atoms with van der Waals surface area (Å²) < 4.78 is 5.79. The van der Waals surface area contributed by atoms with E-state index in [0.29, 0.717) is 0 Å². The van der Waals surface area contributed by atoms with Gasteiger partial charge in [0.25, 0.3) is 0 Å². The minimum atomic E-state index is -0.128. The molecule has 82 valence electrons. The lowest BCUT2D eigenvalue weighted by Crippen LogP contribution is -2.67. The average Bonchev–Trinajstić information content (AvgIpc) is 2.03. The van der Waals surface area contributed by atoms with Crippen LogP contribution in [0.3, 0.4) is 0 Å². The third-order valence-corrected chi connectivity index (χ3v) is 3.36.